The van der Waals surface area contributed by atoms with Crippen LogP contribution in [0.3, 0.4) is 0 Å². The van der Waals surface area contributed by atoms with Crippen molar-refractivity contribution >= 4 is 23.6 Å². The van der Waals surface area contributed by atoms with Gasteiger partial charge in [-0.1, -0.05) is 0 Å². The van der Waals surface area contributed by atoms with Gasteiger partial charge in [0.15, 0.2) is 11.6 Å². The Morgan fingerprint density at radius 2 is 1.85 bits per heavy atom. The summed E-state index contributed by atoms with van der Waals surface area (Å²) in [4.78, 5) is 31.3. The number of carbonyl (C=O) groups excluding carboxylic acids is 2. The van der Waals surface area contributed by atoms with E-state index in [-0.39, 0.29) is 12.5 Å². The van der Waals surface area contributed by atoms with E-state index >= 15 is 0 Å². The predicted molar refractivity (Wildman–Crippen MR) is 97.3 cm³/mol. The second kappa shape index (κ2) is 8.20. The second-order valence-corrected chi connectivity index (χ2v) is 6.33. The van der Waals surface area contributed by atoms with Crippen molar-refractivity contribution in [3.63, 3.8) is 0 Å². The van der Waals surface area contributed by atoms with Crippen LogP contribution in [0.25, 0.3) is 0 Å². The Hall–Kier alpha value is -2.58. The summed E-state index contributed by atoms with van der Waals surface area (Å²) in [5.41, 5.74) is 0. The molecule has 0 bridgehead atoms. The van der Waals surface area contributed by atoms with E-state index in [1.54, 1.807) is 4.90 Å². The van der Waals surface area contributed by atoms with Crippen LogP contribution in [0.5, 0.6) is 0 Å². The van der Waals surface area contributed by atoms with Gasteiger partial charge in [0.2, 0.25) is 5.91 Å². The topological polar surface area (TPSA) is 82.1 Å². The SMILES string of the molecule is CCN(CC)c1ccc(N2CCN(C(=O)CN3CCOC3=O)CC2)nn1. The molecule has 0 aromatic carbocycles. The zero-order valence-electron chi connectivity index (χ0n) is 15.4. The highest BCUT2D eigenvalue weighted by molar-refractivity contribution is 5.83. The lowest BCUT2D eigenvalue weighted by atomic mass is 10.3. The number of rotatable bonds is 6. The Balaban J connectivity index is 1.51. The highest BCUT2D eigenvalue weighted by Crippen LogP contribution is 2.16. The largest absolute Gasteiger partial charge is 0.448 e. The van der Waals surface area contributed by atoms with Crippen LogP contribution in [0.15, 0.2) is 12.1 Å². The van der Waals surface area contributed by atoms with Crippen LogP contribution >= 0.6 is 0 Å². The summed E-state index contributed by atoms with van der Waals surface area (Å²) in [7, 11) is 0. The Kier molecular flexibility index (Phi) is 5.75. The molecule has 0 spiro atoms. The number of cyclic esters (lactones) is 1. The van der Waals surface area contributed by atoms with E-state index < -0.39 is 6.09 Å². The Bertz CT molecular complexity index is 626. The molecule has 3 heterocycles. The van der Waals surface area contributed by atoms with Crippen LogP contribution in [-0.2, 0) is 9.53 Å². The van der Waals surface area contributed by atoms with Gasteiger partial charge < -0.3 is 19.4 Å². The van der Waals surface area contributed by atoms with Crippen LogP contribution < -0.4 is 9.80 Å². The normalized spacial score (nSPS) is 17.5. The number of ether oxygens (including phenoxy) is 1. The fraction of sp³-hybridized carbons (Fsp3) is 0.647. The molecule has 0 saturated carbocycles. The lowest BCUT2D eigenvalue weighted by Gasteiger charge is -2.35. The number of carbonyl (C=O) groups is 2. The second-order valence-electron chi connectivity index (χ2n) is 6.33. The molecule has 1 aromatic heterocycles. The van der Waals surface area contributed by atoms with Crippen LogP contribution in [0.2, 0.25) is 0 Å². The maximum Gasteiger partial charge on any atom is 0.410 e. The predicted octanol–water partition coefficient (Wildman–Crippen LogP) is 0.424. The molecule has 0 atom stereocenters. The molecule has 142 valence electrons. The van der Waals surface area contributed by atoms with Crippen molar-refractivity contribution in [2.75, 3.05) is 68.8 Å². The van der Waals surface area contributed by atoms with Crippen molar-refractivity contribution < 1.29 is 14.3 Å². The molecule has 2 aliphatic heterocycles. The van der Waals surface area contributed by atoms with Gasteiger partial charge in [-0.3, -0.25) is 9.69 Å². The maximum atomic E-state index is 12.4. The van der Waals surface area contributed by atoms with E-state index in [0.29, 0.717) is 39.3 Å². The maximum absolute atomic E-state index is 12.4. The molecule has 0 radical (unpaired) electrons. The highest BCUT2D eigenvalue weighted by atomic mass is 16.6. The summed E-state index contributed by atoms with van der Waals surface area (Å²) < 4.78 is 4.86. The molecule has 2 saturated heterocycles. The number of amides is 2. The molecule has 2 aliphatic rings. The molecule has 26 heavy (non-hydrogen) atoms. The van der Waals surface area contributed by atoms with Gasteiger partial charge in [-0.25, -0.2) is 4.79 Å². The van der Waals surface area contributed by atoms with E-state index in [1.807, 2.05) is 12.1 Å². The molecule has 0 aliphatic carbocycles. The summed E-state index contributed by atoms with van der Waals surface area (Å²) in [5.74, 6) is 1.67. The minimum absolute atomic E-state index is 0.0357. The third kappa shape index (κ3) is 3.97. The number of hydrogen-bond donors (Lipinski definition) is 0. The van der Waals surface area contributed by atoms with E-state index in [1.165, 1.54) is 4.90 Å². The van der Waals surface area contributed by atoms with Gasteiger partial charge in [0.05, 0.1) is 6.54 Å². The Morgan fingerprint density at radius 3 is 2.38 bits per heavy atom. The first-order chi connectivity index (χ1) is 12.6. The number of aromatic nitrogens is 2. The molecule has 2 amide bonds. The first kappa shape index (κ1) is 18.2. The van der Waals surface area contributed by atoms with Gasteiger partial charge in [0.1, 0.15) is 13.2 Å². The molecular weight excluding hydrogens is 336 g/mol. The third-order valence-corrected chi connectivity index (χ3v) is 4.85. The number of hydrogen-bond acceptors (Lipinski definition) is 7. The van der Waals surface area contributed by atoms with Gasteiger partial charge in [0, 0.05) is 39.3 Å². The highest BCUT2D eigenvalue weighted by Gasteiger charge is 2.28. The summed E-state index contributed by atoms with van der Waals surface area (Å²) in [6.45, 7) is 9.56. The smallest absolute Gasteiger partial charge is 0.410 e. The van der Waals surface area contributed by atoms with E-state index in [0.717, 1.165) is 24.7 Å². The van der Waals surface area contributed by atoms with Crippen LogP contribution in [0.4, 0.5) is 16.4 Å². The number of piperazine rings is 1. The van der Waals surface area contributed by atoms with Gasteiger partial charge in [-0.05, 0) is 26.0 Å². The fourth-order valence-electron chi connectivity index (χ4n) is 3.22. The summed E-state index contributed by atoms with van der Waals surface area (Å²) in [5, 5.41) is 8.67. The monoisotopic (exact) mass is 362 g/mol. The summed E-state index contributed by atoms with van der Waals surface area (Å²) >= 11 is 0. The minimum Gasteiger partial charge on any atom is -0.448 e. The van der Waals surface area contributed by atoms with E-state index in [4.69, 9.17) is 4.74 Å². The van der Waals surface area contributed by atoms with Crippen molar-refractivity contribution in [2.45, 2.75) is 13.8 Å². The fourth-order valence-corrected chi connectivity index (χ4v) is 3.22. The standard InChI is InChI=1S/C17H26N6O3/c1-3-20(4-2)14-5-6-15(19-18-14)21-7-9-22(10-8-21)16(24)13-23-11-12-26-17(23)25/h5-6H,3-4,7-13H2,1-2H3. The van der Waals surface area contributed by atoms with E-state index in [9.17, 15) is 9.59 Å². The van der Waals surface area contributed by atoms with Crippen molar-refractivity contribution in [3.8, 4) is 0 Å². The average Bonchev–Trinajstić information content (AvgIpc) is 3.08. The lowest BCUT2D eigenvalue weighted by molar-refractivity contribution is -0.132. The Morgan fingerprint density at radius 1 is 1.12 bits per heavy atom. The van der Waals surface area contributed by atoms with Gasteiger partial charge in [-0.15, -0.1) is 10.2 Å². The molecule has 2 fully saturated rings. The molecular formula is C17H26N6O3. The Labute approximate surface area is 153 Å². The molecule has 1 aromatic rings. The quantitative estimate of drug-likeness (QED) is 0.725. The summed E-state index contributed by atoms with van der Waals surface area (Å²) in [6.07, 6.45) is -0.402. The average molecular weight is 362 g/mol. The number of nitrogens with zero attached hydrogens (tertiary/aromatic N) is 6. The molecule has 9 nitrogen and oxygen atoms in total. The van der Waals surface area contributed by atoms with E-state index in [2.05, 4.69) is 33.8 Å². The van der Waals surface area contributed by atoms with Crippen molar-refractivity contribution in [2.24, 2.45) is 0 Å². The first-order valence-electron chi connectivity index (χ1n) is 9.15. The van der Waals surface area contributed by atoms with Gasteiger partial charge in [-0.2, -0.15) is 0 Å². The van der Waals surface area contributed by atoms with Crippen LogP contribution in [0, 0.1) is 0 Å². The zero-order chi connectivity index (χ0) is 18.5. The van der Waals surface area contributed by atoms with Crippen LogP contribution in [0.1, 0.15) is 13.8 Å². The van der Waals surface area contributed by atoms with Crippen LogP contribution in [-0.4, -0.2) is 91.0 Å². The minimum atomic E-state index is -0.402. The summed E-state index contributed by atoms with van der Waals surface area (Å²) in [6, 6.07) is 3.98. The zero-order valence-corrected chi connectivity index (χ0v) is 15.4. The third-order valence-electron chi connectivity index (χ3n) is 4.85. The first-order valence-corrected chi connectivity index (χ1v) is 9.15. The van der Waals surface area contributed by atoms with Gasteiger partial charge >= 0.3 is 6.09 Å². The van der Waals surface area contributed by atoms with Crippen molar-refractivity contribution in [1.29, 1.82) is 0 Å². The molecule has 9 heteroatoms. The molecule has 0 unspecified atom stereocenters. The lowest BCUT2D eigenvalue weighted by Crippen LogP contribution is -2.51. The van der Waals surface area contributed by atoms with Crippen molar-refractivity contribution in [3.05, 3.63) is 12.1 Å². The molecule has 3 rings (SSSR count). The molecule has 0 N–H and O–H groups in total. The van der Waals surface area contributed by atoms with Gasteiger partial charge in [0.25, 0.3) is 0 Å². The number of anilines is 2. The van der Waals surface area contributed by atoms with Crippen molar-refractivity contribution in [1.82, 2.24) is 20.0 Å².